The summed E-state index contributed by atoms with van der Waals surface area (Å²) in [7, 11) is 1.77. The van der Waals surface area contributed by atoms with Crippen LogP contribution in [0, 0.1) is 0 Å². The van der Waals surface area contributed by atoms with Gasteiger partial charge in [0.25, 0.3) is 5.56 Å². The number of rotatable bonds is 4. The van der Waals surface area contributed by atoms with Gasteiger partial charge in [-0.25, -0.2) is 9.97 Å². The molecule has 1 fully saturated rings. The van der Waals surface area contributed by atoms with E-state index in [9.17, 15) is 4.79 Å². The van der Waals surface area contributed by atoms with Gasteiger partial charge in [-0.15, -0.1) is 0 Å². The van der Waals surface area contributed by atoms with Gasteiger partial charge >= 0.3 is 0 Å². The largest absolute Gasteiger partial charge is 0.337 e. The van der Waals surface area contributed by atoms with E-state index >= 15 is 0 Å². The Balaban J connectivity index is 1.31. The van der Waals surface area contributed by atoms with Crippen LogP contribution in [0.4, 0.5) is 0 Å². The van der Waals surface area contributed by atoms with Crippen molar-refractivity contribution in [3.8, 4) is 0 Å². The number of hydrogen-bond donors (Lipinski definition) is 0. The quantitative estimate of drug-likeness (QED) is 0.553. The van der Waals surface area contributed by atoms with Gasteiger partial charge in [0.05, 0.1) is 6.33 Å². The van der Waals surface area contributed by atoms with Crippen LogP contribution in [-0.4, -0.2) is 29.2 Å². The van der Waals surface area contributed by atoms with Gasteiger partial charge in [0, 0.05) is 13.0 Å². The van der Waals surface area contributed by atoms with Crippen LogP contribution in [0.1, 0.15) is 42.0 Å². The van der Waals surface area contributed by atoms with Crippen molar-refractivity contribution in [3.05, 3.63) is 70.6 Å². The highest BCUT2D eigenvalue weighted by molar-refractivity contribution is 5.68. The van der Waals surface area contributed by atoms with E-state index in [1.165, 1.54) is 16.5 Å². The Morgan fingerprint density at radius 3 is 2.70 bits per heavy atom. The van der Waals surface area contributed by atoms with Crippen molar-refractivity contribution in [2.24, 2.45) is 7.05 Å². The maximum atomic E-state index is 12.6. The Bertz CT molecular complexity index is 1150. The first-order valence-electron chi connectivity index (χ1n) is 8.93. The molecule has 4 aromatic rings. The molecule has 0 bridgehead atoms. The van der Waals surface area contributed by atoms with Gasteiger partial charge in [-0.05, 0) is 24.3 Å². The Morgan fingerprint density at radius 2 is 1.89 bits per heavy atom. The minimum Gasteiger partial charge on any atom is -0.337 e. The number of hydrogen-bond acceptors (Lipinski definition) is 6. The molecule has 0 N–H and O–H groups in total. The molecule has 3 heterocycles. The maximum absolute atomic E-state index is 12.6. The summed E-state index contributed by atoms with van der Waals surface area (Å²) < 4.78 is 8.51. The van der Waals surface area contributed by atoms with Crippen molar-refractivity contribution in [3.63, 3.8) is 0 Å². The summed E-state index contributed by atoms with van der Waals surface area (Å²) in [5, 5.41) is 4.12. The molecule has 0 unspecified atom stereocenters. The first kappa shape index (κ1) is 15.9. The van der Waals surface area contributed by atoms with Crippen LogP contribution in [-0.2, 0) is 13.6 Å². The topological polar surface area (TPSA) is 91.6 Å². The molecule has 0 radical (unpaired) electrons. The minimum atomic E-state index is -0.174. The molecule has 0 saturated heterocycles. The third kappa shape index (κ3) is 2.73. The van der Waals surface area contributed by atoms with Crippen molar-refractivity contribution in [1.29, 1.82) is 0 Å². The number of fused-ring (bicyclic) bond motifs is 1. The smallest absolute Gasteiger partial charge is 0.280 e. The Morgan fingerprint density at radius 1 is 1.11 bits per heavy atom. The first-order chi connectivity index (χ1) is 13.2. The zero-order chi connectivity index (χ0) is 18.4. The van der Waals surface area contributed by atoms with Crippen molar-refractivity contribution >= 4 is 11.2 Å². The van der Waals surface area contributed by atoms with E-state index in [-0.39, 0.29) is 12.1 Å². The van der Waals surface area contributed by atoms with Crippen molar-refractivity contribution in [1.82, 2.24) is 29.2 Å². The van der Waals surface area contributed by atoms with E-state index in [1.807, 2.05) is 6.07 Å². The zero-order valence-corrected chi connectivity index (χ0v) is 14.8. The molecule has 1 aromatic carbocycles. The van der Waals surface area contributed by atoms with Gasteiger partial charge in [-0.3, -0.25) is 9.36 Å². The van der Waals surface area contributed by atoms with Crippen LogP contribution < -0.4 is 5.56 Å². The van der Waals surface area contributed by atoms with Crippen LogP contribution in [0.3, 0.4) is 0 Å². The minimum absolute atomic E-state index is 0.174. The van der Waals surface area contributed by atoms with Crippen molar-refractivity contribution in [2.45, 2.75) is 31.2 Å². The predicted octanol–water partition coefficient (Wildman–Crippen LogP) is 2.22. The molecule has 5 rings (SSSR count). The van der Waals surface area contributed by atoms with Crippen LogP contribution >= 0.6 is 0 Å². The normalized spacial score (nSPS) is 19.3. The van der Waals surface area contributed by atoms with Gasteiger partial charge in [0.1, 0.15) is 12.9 Å². The van der Waals surface area contributed by atoms with E-state index in [0.717, 1.165) is 18.7 Å². The molecule has 0 aliphatic heterocycles. The van der Waals surface area contributed by atoms with Gasteiger partial charge in [0.2, 0.25) is 5.89 Å². The fourth-order valence-electron chi connectivity index (χ4n) is 3.65. The number of benzene rings is 1. The Hall–Kier alpha value is -3.29. The average molecular weight is 362 g/mol. The molecular weight excluding hydrogens is 344 g/mol. The highest BCUT2D eigenvalue weighted by atomic mass is 16.5. The molecule has 0 atom stereocenters. The second-order valence-electron chi connectivity index (χ2n) is 7.03. The summed E-state index contributed by atoms with van der Waals surface area (Å²) in [6, 6.07) is 10.5. The average Bonchev–Trinajstić information content (AvgIpc) is 3.25. The van der Waals surface area contributed by atoms with E-state index in [1.54, 1.807) is 17.9 Å². The van der Waals surface area contributed by atoms with E-state index in [0.29, 0.717) is 28.9 Å². The highest BCUT2D eigenvalue weighted by Gasteiger charge is 2.34. The highest BCUT2D eigenvalue weighted by Crippen LogP contribution is 2.46. The van der Waals surface area contributed by atoms with E-state index in [2.05, 4.69) is 44.4 Å². The Kier molecular flexibility index (Phi) is 3.63. The van der Waals surface area contributed by atoms with Crippen LogP contribution in [0.2, 0.25) is 0 Å². The fourth-order valence-corrected chi connectivity index (χ4v) is 3.65. The molecule has 1 aliphatic rings. The number of aryl methyl sites for hydroxylation is 1. The van der Waals surface area contributed by atoms with Gasteiger partial charge < -0.3 is 9.09 Å². The molecular formula is C19H18N6O2. The molecule has 1 aliphatic carbocycles. The lowest BCUT2D eigenvalue weighted by Gasteiger charge is -2.33. The first-order valence-corrected chi connectivity index (χ1v) is 8.93. The summed E-state index contributed by atoms with van der Waals surface area (Å²) in [5.74, 6) is 2.00. The van der Waals surface area contributed by atoms with E-state index < -0.39 is 0 Å². The lowest BCUT2D eigenvalue weighted by Crippen LogP contribution is -2.23. The third-order valence-electron chi connectivity index (χ3n) is 5.26. The van der Waals surface area contributed by atoms with Crippen LogP contribution in [0.15, 0.2) is 52.3 Å². The second-order valence-corrected chi connectivity index (χ2v) is 7.03. The molecule has 27 heavy (non-hydrogen) atoms. The van der Waals surface area contributed by atoms with Crippen LogP contribution in [0.25, 0.3) is 11.2 Å². The Labute approximate surface area is 154 Å². The fraction of sp³-hybridized carbons (Fsp3) is 0.316. The molecule has 1 saturated carbocycles. The maximum Gasteiger partial charge on any atom is 0.280 e. The number of imidazole rings is 1. The number of aromatic nitrogens is 6. The zero-order valence-electron chi connectivity index (χ0n) is 14.8. The molecule has 0 amide bonds. The SMILES string of the molecule is Cn1cnc2ncn(Cc3nc(C4CC(c5ccccc5)C4)no3)c(=O)c21. The summed E-state index contributed by atoms with van der Waals surface area (Å²) in [6.45, 7) is 0.203. The summed E-state index contributed by atoms with van der Waals surface area (Å²) in [6.07, 6.45) is 5.08. The lowest BCUT2D eigenvalue weighted by molar-refractivity contribution is 0.315. The lowest BCUT2D eigenvalue weighted by atomic mass is 9.71. The third-order valence-corrected chi connectivity index (χ3v) is 5.26. The monoisotopic (exact) mass is 362 g/mol. The molecule has 0 spiro atoms. The van der Waals surface area contributed by atoms with E-state index in [4.69, 9.17) is 4.52 Å². The summed E-state index contributed by atoms with van der Waals surface area (Å²) in [5.41, 5.74) is 2.08. The van der Waals surface area contributed by atoms with Gasteiger partial charge in [-0.1, -0.05) is 35.5 Å². The summed E-state index contributed by atoms with van der Waals surface area (Å²) in [4.78, 5) is 25.4. The van der Waals surface area contributed by atoms with Crippen LogP contribution in [0.5, 0.6) is 0 Å². The molecule has 8 heteroatoms. The van der Waals surface area contributed by atoms with Crippen molar-refractivity contribution < 1.29 is 4.52 Å². The molecule has 136 valence electrons. The summed E-state index contributed by atoms with van der Waals surface area (Å²) >= 11 is 0. The molecule has 3 aromatic heterocycles. The van der Waals surface area contributed by atoms with Crippen molar-refractivity contribution in [2.75, 3.05) is 0 Å². The molecule has 8 nitrogen and oxygen atoms in total. The van der Waals surface area contributed by atoms with Gasteiger partial charge in [-0.2, -0.15) is 4.98 Å². The standard InChI is InChI=1S/C19H18N6O2/c1-24-10-20-18-16(24)19(26)25(11-21-18)9-15-22-17(23-27-15)14-7-13(8-14)12-5-3-2-4-6-12/h2-6,10-11,13-14H,7-9H2,1H3. The second kappa shape index (κ2) is 6.15. The van der Waals surface area contributed by atoms with Gasteiger partial charge in [0.15, 0.2) is 17.0 Å². The number of nitrogens with zero attached hydrogens (tertiary/aromatic N) is 6. The predicted molar refractivity (Wildman–Crippen MR) is 97.3 cm³/mol.